The van der Waals surface area contributed by atoms with E-state index in [1.54, 1.807) is 24.3 Å². The van der Waals surface area contributed by atoms with Gasteiger partial charge in [-0.15, -0.1) is 5.10 Å². The lowest BCUT2D eigenvalue weighted by molar-refractivity contribution is -0.119. The molecule has 0 radical (unpaired) electrons. The van der Waals surface area contributed by atoms with Gasteiger partial charge in [-0.3, -0.25) is 9.89 Å². The van der Waals surface area contributed by atoms with Crippen molar-refractivity contribution in [3.05, 3.63) is 35.1 Å². The molecule has 1 aromatic heterocycles. The second kappa shape index (κ2) is 8.94. The molecule has 2 N–H and O–H groups in total. The maximum absolute atomic E-state index is 11.8. The molecule has 8 heteroatoms. The Morgan fingerprint density at radius 2 is 2.04 bits per heavy atom. The zero-order valence-electron chi connectivity index (χ0n) is 13.9. The minimum Gasteiger partial charge on any atom is -0.486 e. The van der Waals surface area contributed by atoms with Gasteiger partial charge in [-0.05, 0) is 37.1 Å². The van der Waals surface area contributed by atoms with Crippen molar-refractivity contribution in [1.82, 2.24) is 20.5 Å². The third-order valence-corrected chi connectivity index (χ3v) is 4.52. The van der Waals surface area contributed by atoms with Crippen LogP contribution in [0.4, 0.5) is 0 Å². The first-order valence-corrected chi connectivity index (χ1v) is 9.02. The summed E-state index contributed by atoms with van der Waals surface area (Å²) in [6.45, 7) is 6.40. The lowest BCUT2D eigenvalue weighted by Crippen LogP contribution is -2.37. The summed E-state index contributed by atoms with van der Waals surface area (Å²) in [5.74, 6) is 1.96. The lowest BCUT2D eigenvalue weighted by atomic mass is 10.1. The molecule has 6 nitrogen and oxygen atoms in total. The van der Waals surface area contributed by atoms with Crippen molar-refractivity contribution in [2.45, 2.75) is 38.6 Å². The maximum atomic E-state index is 11.8. The van der Waals surface area contributed by atoms with Gasteiger partial charge in [-0.1, -0.05) is 37.2 Å². The Labute approximate surface area is 150 Å². The van der Waals surface area contributed by atoms with E-state index in [1.165, 1.54) is 11.8 Å². The van der Waals surface area contributed by atoms with E-state index in [1.807, 2.05) is 6.92 Å². The van der Waals surface area contributed by atoms with Crippen LogP contribution in [-0.2, 0) is 11.4 Å². The number of benzene rings is 1. The van der Waals surface area contributed by atoms with E-state index in [4.69, 9.17) is 16.3 Å². The van der Waals surface area contributed by atoms with Gasteiger partial charge in [0.2, 0.25) is 11.1 Å². The Morgan fingerprint density at radius 1 is 1.33 bits per heavy atom. The van der Waals surface area contributed by atoms with Crippen LogP contribution in [0.15, 0.2) is 29.4 Å². The molecule has 0 saturated carbocycles. The third-order valence-electron chi connectivity index (χ3n) is 3.42. The van der Waals surface area contributed by atoms with Crippen LogP contribution in [0.2, 0.25) is 5.02 Å². The average Bonchev–Trinajstić information content (AvgIpc) is 3.00. The zero-order chi connectivity index (χ0) is 17.5. The second-order valence-corrected chi connectivity index (χ2v) is 7.08. The Balaban J connectivity index is 1.76. The van der Waals surface area contributed by atoms with Crippen LogP contribution in [-0.4, -0.2) is 32.9 Å². The van der Waals surface area contributed by atoms with Crippen molar-refractivity contribution in [1.29, 1.82) is 0 Å². The molecule has 130 valence electrons. The molecule has 1 heterocycles. The van der Waals surface area contributed by atoms with Crippen LogP contribution in [0.1, 0.15) is 26.6 Å². The zero-order valence-corrected chi connectivity index (χ0v) is 15.4. The van der Waals surface area contributed by atoms with E-state index >= 15 is 0 Å². The smallest absolute Gasteiger partial charge is 0.230 e. The second-order valence-electron chi connectivity index (χ2n) is 5.70. The van der Waals surface area contributed by atoms with Crippen LogP contribution >= 0.6 is 23.4 Å². The number of H-pyrrole nitrogens is 1. The summed E-state index contributed by atoms with van der Waals surface area (Å²) < 4.78 is 5.58. The Bertz CT molecular complexity index is 660. The highest BCUT2D eigenvalue weighted by molar-refractivity contribution is 7.99. The van der Waals surface area contributed by atoms with Gasteiger partial charge in [-0.2, -0.15) is 0 Å². The van der Waals surface area contributed by atoms with Gasteiger partial charge in [0, 0.05) is 11.1 Å². The summed E-state index contributed by atoms with van der Waals surface area (Å²) in [6.07, 6.45) is 0. The predicted octanol–water partition coefficient (Wildman–Crippen LogP) is 3.29. The first-order chi connectivity index (χ1) is 11.4. The van der Waals surface area contributed by atoms with Gasteiger partial charge in [0.1, 0.15) is 12.4 Å². The number of thioether (sulfide) groups is 1. The summed E-state index contributed by atoms with van der Waals surface area (Å²) in [4.78, 5) is 16.1. The fourth-order valence-corrected chi connectivity index (χ4v) is 2.44. The number of hydrogen-bond acceptors (Lipinski definition) is 5. The topological polar surface area (TPSA) is 79.9 Å². The number of halogens is 1. The highest BCUT2D eigenvalue weighted by Crippen LogP contribution is 2.17. The number of hydrogen-bond donors (Lipinski definition) is 2. The molecule has 1 unspecified atom stereocenters. The standard InChI is InChI=1S/C16H21ClN4O2S/c1-10(2)11(3)18-15(22)9-24-16-19-14(20-21-16)8-23-13-6-4-12(17)5-7-13/h4-7,10-11H,8-9H2,1-3H3,(H,18,22)(H,19,20,21). The molecule has 0 aliphatic rings. The maximum Gasteiger partial charge on any atom is 0.230 e. The van der Waals surface area contributed by atoms with Crippen LogP contribution in [0.25, 0.3) is 0 Å². The number of carbonyl (C=O) groups excluding carboxylic acids is 1. The quantitative estimate of drug-likeness (QED) is 0.699. The molecule has 0 aliphatic carbocycles. The number of nitrogens with zero attached hydrogens (tertiary/aromatic N) is 2. The largest absolute Gasteiger partial charge is 0.486 e. The number of ether oxygens (including phenoxy) is 1. The number of carbonyl (C=O) groups is 1. The van der Waals surface area contributed by atoms with Gasteiger partial charge in [0.25, 0.3) is 0 Å². The van der Waals surface area contributed by atoms with Crippen molar-refractivity contribution >= 4 is 29.3 Å². The number of nitrogens with one attached hydrogen (secondary N) is 2. The van der Waals surface area contributed by atoms with Crippen molar-refractivity contribution in [3.63, 3.8) is 0 Å². The normalized spacial score (nSPS) is 12.2. The summed E-state index contributed by atoms with van der Waals surface area (Å²) in [5.41, 5.74) is 0. The van der Waals surface area contributed by atoms with Gasteiger partial charge < -0.3 is 10.1 Å². The minimum absolute atomic E-state index is 0.0232. The van der Waals surface area contributed by atoms with E-state index in [0.717, 1.165) is 0 Å². The monoisotopic (exact) mass is 368 g/mol. The van der Waals surface area contributed by atoms with Crippen LogP contribution < -0.4 is 10.1 Å². The molecular weight excluding hydrogens is 348 g/mol. The highest BCUT2D eigenvalue weighted by Gasteiger charge is 2.12. The van der Waals surface area contributed by atoms with E-state index in [-0.39, 0.29) is 24.3 Å². The predicted molar refractivity (Wildman–Crippen MR) is 95.3 cm³/mol. The molecular formula is C16H21ClN4O2S. The van der Waals surface area contributed by atoms with Gasteiger partial charge in [0.15, 0.2) is 5.82 Å². The minimum atomic E-state index is -0.0232. The molecule has 0 saturated heterocycles. The summed E-state index contributed by atoms with van der Waals surface area (Å²) in [7, 11) is 0. The molecule has 1 atom stereocenters. The first kappa shape index (κ1) is 18.6. The van der Waals surface area contributed by atoms with Crippen molar-refractivity contribution in [3.8, 4) is 5.75 Å². The Kier molecular flexibility index (Phi) is 6.93. The summed E-state index contributed by atoms with van der Waals surface area (Å²) in [6, 6.07) is 7.24. The lowest BCUT2D eigenvalue weighted by Gasteiger charge is -2.16. The molecule has 0 aliphatic heterocycles. The molecule has 24 heavy (non-hydrogen) atoms. The van der Waals surface area contributed by atoms with Crippen LogP contribution in [0.3, 0.4) is 0 Å². The van der Waals surface area contributed by atoms with Crippen LogP contribution in [0.5, 0.6) is 5.75 Å². The summed E-state index contributed by atoms with van der Waals surface area (Å²) in [5, 5.41) is 11.0. The fraction of sp³-hybridized carbons (Fsp3) is 0.438. The average molecular weight is 369 g/mol. The Morgan fingerprint density at radius 3 is 2.71 bits per heavy atom. The highest BCUT2D eigenvalue weighted by atomic mass is 35.5. The number of aromatic amines is 1. The molecule has 1 aromatic carbocycles. The van der Waals surface area contributed by atoms with Gasteiger partial charge in [-0.25, -0.2) is 4.98 Å². The SMILES string of the molecule is CC(C)C(C)NC(=O)CSc1n[nH]c(COc2ccc(Cl)cc2)n1. The molecule has 2 aromatic rings. The third kappa shape index (κ3) is 6.05. The Hall–Kier alpha value is -1.73. The molecule has 0 fully saturated rings. The van der Waals surface area contributed by atoms with Crippen molar-refractivity contribution in [2.24, 2.45) is 5.92 Å². The van der Waals surface area contributed by atoms with E-state index in [2.05, 4.69) is 34.3 Å². The number of amides is 1. The first-order valence-electron chi connectivity index (χ1n) is 7.66. The van der Waals surface area contributed by atoms with Crippen molar-refractivity contribution in [2.75, 3.05) is 5.75 Å². The van der Waals surface area contributed by atoms with Crippen molar-refractivity contribution < 1.29 is 9.53 Å². The van der Waals surface area contributed by atoms with E-state index < -0.39 is 0 Å². The number of rotatable bonds is 8. The molecule has 0 spiro atoms. The molecule has 1 amide bonds. The van der Waals surface area contributed by atoms with Gasteiger partial charge in [0.05, 0.1) is 5.75 Å². The number of aromatic nitrogens is 3. The van der Waals surface area contributed by atoms with E-state index in [9.17, 15) is 4.79 Å². The van der Waals surface area contributed by atoms with Crippen LogP contribution in [0, 0.1) is 5.92 Å². The fourth-order valence-electron chi connectivity index (χ4n) is 1.68. The van der Waals surface area contributed by atoms with Gasteiger partial charge >= 0.3 is 0 Å². The van der Waals surface area contributed by atoms with E-state index in [0.29, 0.717) is 27.7 Å². The molecule has 0 bridgehead atoms. The molecule has 2 rings (SSSR count). The summed E-state index contributed by atoms with van der Waals surface area (Å²) >= 11 is 7.11.